The highest BCUT2D eigenvalue weighted by molar-refractivity contribution is 7.90. The van der Waals surface area contributed by atoms with Crippen LogP contribution in [0.4, 0.5) is 0 Å². The summed E-state index contributed by atoms with van der Waals surface area (Å²) in [6, 6.07) is 7.59. The van der Waals surface area contributed by atoms with Gasteiger partial charge in [-0.05, 0) is 44.0 Å². The van der Waals surface area contributed by atoms with Gasteiger partial charge in [-0.1, -0.05) is 19.1 Å². The van der Waals surface area contributed by atoms with Crippen molar-refractivity contribution in [3.05, 3.63) is 29.8 Å². The van der Waals surface area contributed by atoms with Crippen molar-refractivity contribution in [2.24, 2.45) is 0 Å². The zero-order chi connectivity index (χ0) is 13.1. The fraction of sp³-hybridized carbons (Fsp3) is 0.538. The average molecular weight is 255 g/mol. The van der Waals surface area contributed by atoms with Crippen LogP contribution in [0.25, 0.3) is 0 Å². The molecule has 0 radical (unpaired) electrons. The van der Waals surface area contributed by atoms with Crippen LogP contribution in [-0.4, -0.2) is 27.8 Å². The van der Waals surface area contributed by atoms with E-state index in [1.54, 1.807) is 12.1 Å². The minimum absolute atomic E-state index is 0.379. The minimum Gasteiger partial charge on any atom is -0.317 e. The van der Waals surface area contributed by atoms with E-state index in [9.17, 15) is 8.42 Å². The van der Waals surface area contributed by atoms with E-state index in [0.717, 1.165) is 6.42 Å². The zero-order valence-corrected chi connectivity index (χ0v) is 11.7. The Balaban J connectivity index is 3.01. The lowest BCUT2D eigenvalue weighted by Gasteiger charge is -2.22. The number of hydrogen-bond donors (Lipinski definition) is 1. The summed E-state index contributed by atoms with van der Waals surface area (Å²) in [7, 11) is -1.15. The van der Waals surface area contributed by atoms with Crippen LogP contribution in [0, 0.1) is 0 Å². The molecule has 0 aromatic heterocycles. The summed E-state index contributed by atoms with van der Waals surface area (Å²) in [6.07, 6.45) is 2.26. The molecule has 0 aliphatic carbocycles. The molecule has 1 N–H and O–H groups in total. The molecule has 0 fully saturated rings. The maximum Gasteiger partial charge on any atom is 0.175 e. The predicted molar refractivity (Wildman–Crippen MR) is 71.1 cm³/mol. The number of rotatable bonds is 5. The van der Waals surface area contributed by atoms with Crippen molar-refractivity contribution >= 4 is 9.84 Å². The van der Waals surface area contributed by atoms with Crippen molar-refractivity contribution in [1.82, 2.24) is 5.32 Å². The Labute approximate surface area is 104 Å². The molecule has 0 heterocycles. The van der Waals surface area contributed by atoms with Crippen LogP contribution < -0.4 is 5.32 Å². The monoisotopic (exact) mass is 255 g/mol. The molecule has 2 unspecified atom stereocenters. The topological polar surface area (TPSA) is 46.2 Å². The second-order valence-corrected chi connectivity index (χ2v) is 6.45. The Morgan fingerprint density at radius 1 is 1.24 bits per heavy atom. The number of hydrogen-bond acceptors (Lipinski definition) is 3. The van der Waals surface area contributed by atoms with E-state index in [-0.39, 0.29) is 0 Å². The third kappa shape index (κ3) is 3.54. The van der Waals surface area contributed by atoms with E-state index in [4.69, 9.17) is 0 Å². The minimum atomic E-state index is -3.09. The van der Waals surface area contributed by atoms with Gasteiger partial charge in [-0.2, -0.15) is 0 Å². The molecule has 3 nitrogen and oxygen atoms in total. The lowest BCUT2D eigenvalue weighted by atomic mass is 9.90. The van der Waals surface area contributed by atoms with Gasteiger partial charge in [0.05, 0.1) is 4.90 Å². The number of sulfone groups is 1. The standard InChI is InChI=1S/C13H21NO2S/c1-5-13(10(2)14-3)11-6-8-12(9-7-11)17(4,15)16/h6-10,13-14H,5H2,1-4H3. The van der Waals surface area contributed by atoms with E-state index in [1.165, 1.54) is 11.8 Å². The van der Waals surface area contributed by atoms with E-state index in [1.807, 2.05) is 19.2 Å². The summed E-state index contributed by atoms with van der Waals surface area (Å²) < 4.78 is 22.7. The smallest absolute Gasteiger partial charge is 0.175 e. The van der Waals surface area contributed by atoms with Crippen molar-refractivity contribution < 1.29 is 8.42 Å². The summed E-state index contributed by atoms with van der Waals surface area (Å²) in [5.41, 5.74) is 1.18. The van der Waals surface area contributed by atoms with Crippen LogP contribution in [-0.2, 0) is 9.84 Å². The van der Waals surface area contributed by atoms with Gasteiger partial charge in [-0.15, -0.1) is 0 Å². The molecule has 0 amide bonds. The molecule has 2 atom stereocenters. The fourth-order valence-electron chi connectivity index (χ4n) is 2.04. The predicted octanol–water partition coefficient (Wildman–Crippen LogP) is 2.19. The van der Waals surface area contributed by atoms with Gasteiger partial charge in [0.15, 0.2) is 9.84 Å². The normalized spacial score (nSPS) is 15.5. The quantitative estimate of drug-likeness (QED) is 0.877. The van der Waals surface area contributed by atoms with E-state index >= 15 is 0 Å². The van der Waals surface area contributed by atoms with E-state index in [2.05, 4.69) is 19.2 Å². The van der Waals surface area contributed by atoms with E-state index < -0.39 is 9.84 Å². The van der Waals surface area contributed by atoms with Crippen molar-refractivity contribution in [2.75, 3.05) is 13.3 Å². The molecule has 1 aromatic rings. The Kier molecular flexibility index (Phi) is 4.71. The number of likely N-dealkylation sites (N-methyl/N-ethyl adjacent to an activating group) is 1. The number of benzene rings is 1. The van der Waals surface area contributed by atoms with Crippen LogP contribution in [0.15, 0.2) is 29.2 Å². The summed E-state index contributed by atoms with van der Waals surface area (Å²) in [5, 5.41) is 3.24. The molecule has 0 aliphatic rings. The largest absolute Gasteiger partial charge is 0.317 e. The van der Waals surface area contributed by atoms with Crippen molar-refractivity contribution in [3.63, 3.8) is 0 Å². The Hall–Kier alpha value is -0.870. The highest BCUT2D eigenvalue weighted by atomic mass is 32.2. The summed E-state index contributed by atoms with van der Waals surface area (Å²) in [5.74, 6) is 0.411. The number of nitrogens with one attached hydrogen (secondary N) is 1. The molecule has 4 heteroatoms. The van der Waals surface area contributed by atoms with Crippen LogP contribution in [0.2, 0.25) is 0 Å². The van der Waals surface area contributed by atoms with Gasteiger partial charge >= 0.3 is 0 Å². The Bertz CT molecular complexity index is 451. The summed E-state index contributed by atoms with van der Waals surface area (Å²) in [4.78, 5) is 0.383. The Morgan fingerprint density at radius 2 is 1.76 bits per heavy atom. The highest BCUT2D eigenvalue weighted by Gasteiger charge is 2.16. The highest BCUT2D eigenvalue weighted by Crippen LogP contribution is 2.24. The lowest BCUT2D eigenvalue weighted by Crippen LogP contribution is -2.28. The maximum absolute atomic E-state index is 11.4. The molecular formula is C13H21NO2S. The first-order valence-corrected chi connectivity index (χ1v) is 7.76. The molecule has 0 aliphatic heterocycles. The molecule has 1 rings (SSSR count). The molecule has 17 heavy (non-hydrogen) atoms. The van der Waals surface area contributed by atoms with Gasteiger partial charge in [0.25, 0.3) is 0 Å². The molecule has 0 saturated heterocycles. The lowest BCUT2D eigenvalue weighted by molar-refractivity contribution is 0.483. The fourth-order valence-corrected chi connectivity index (χ4v) is 2.67. The summed E-state index contributed by atoms with van der Waals surface area (Å²) in [6.45, 7) is 4.28. The molecule has 0 bridgehead atoms. The second kappa shape index (κ2) is 5.65. The van der Waals surface area contributed by atoms with Gasteiger partial charge in [0.1, 0.15) is 0 Å². The van der Waals surface area contributed by atoms with Crippen molar-refractivity contribution in [1.29, 1.82) is 0 Å². The third-order valence-electron chi connectivity index (χ3n) is 3.24. The van der Waals surface area contributed by atoms with Gasteiger partial charge in [0.2, 0.25) is 0 Å². The van der Waals surface area contributed by atoms with Crippen LogP contribution in [0.3, 0.4) is 0 Å². The van der Waals surface area contributed by atoms with Gasteiger partial charge in [-0.25, -0.2) is 8.42 Å². The van der Waals surface area contributed by atoms with Crippen LogP contribution >= 0.6 is 0 Å². The maximum atomic E-state index is 11.4. The first-order chi connectivity index (χ1) is 7.90. The van der Waals surface area contributed by atoms with Crippen LogP contribution in [0.5, 0.6) is 0 Å². The SMILES string of the molecule is CCC(c1ccc(S(C)(=O)=O)cc1)C(C)NC. The molecule has 0 spiro atoms. The average Bonchev–Trinajstić information content (AvgIpc) is 2.29. The van der Waals surface area contributed by atoms with Crippen molar-refractivity contribution in [2.45, 2.75) is 37.1 Å². The molecular weight excluding hydrogens is 234 g/mol. The molecule has 96 valence electrons. The molecule has 0 saturated carbocycles. The first-order valence-electron chi connectivity index (χ1n) is 5.87. The second-order valence-electron chi connectivity index (χ2n) is 4.43. The van der Waals surface area contributed by atoms with E-state index in [0.29, 0.717) is 16.9 Å². The van der Waals surface area contributed by atoms with Gasteiger partial charge in [0, 0.05) is 12.3 Å². The van der Waals surface area contributed by atoms with Crippen LogP contribution in [0.1, 0.15) is 31.7 Å². The Morgan fingerprint density at radius 3 is 2.12 bits per heavy atom. The van der Waals surface area contributed by atoms with Crippen molar-refractivity contribution in [3.8, 4) is 0 Å². The van der Waals surface area contributed by atoms with Gasteiger partial charge in [-0.3, -0.25) is 0 Å². The zero-order valence-electron chi connectivity index (χ0n) is 10.9. The summed E-state index contributed by atoms with van der Waals surface area (Å²) >= 11 is 0. The molecule has 1 aromatic carbocycles. The first kappa shape index (κ1) is 14.2. The van der Waals surface area contributed by atoms with Gasteiger partial charge < -0.3 is 5.32 Å². The third-order valence-corrected chi connectivity index (χ3v) is 4.36.